The molecule has 1 amide bonds. The number of aliphatic hydroxyl groups is 1. The number of hydrogen-bond acceptors (Lipinski definition) is 6. The number of amides is 1. The molecule has 2 N–H and O–H groups in total. The number of allylic oxidation sites excluding steroid dienone is 2. The van der Waals surface area contributed by atoms with Crippen LogP contribution in [0.3, 0.4) is 0 Å². The fourth-order valence-electron chi connectivity index (χ4n) is 11.4. The van der Waals surface area contributed by atoms with E-state index in [9.17, 15) is 19.4 Å². The normalized spacial score (nSPS) is 13.6. The number of phosphoric ester groups is 1. The lowest BCUT2D eigenvalue weighted by Crippen LogP contribution is -2.46. The van der Waals surface area contributed by atoms with E-state index in [0.717, 1.165) is 38.5 Å². The van der Waals surface area contributed by atoms with Crippen LogP contribution in [0, 0.1) is 0 Å². The maximum absolute atomic E-state index is 13.1. The molecule has 0 aliphatic carbocycles. The first-order valence-corrected chi connectivity index (χ1v) is 37.5. The topological polar surface area (TPSA) is 108 Å². The third-order valence-corrected chi connectivity index (χ3v) is 18.0. The molecule has 0 aliphatic heterocycles. The summed E-state index contributed by atoms with van der Waals surface area (Å²) in [5, 5.41) is 14.1. The molecule has 0 aromatic heterocycles. The highest BCUT2D eigenvalue weighted by Crippen LogP contribution is 2.38. The lowest BCUT2D eigenvalue weighted by Gasteiger charge is -2.30. The monoisotopic (exact) mass is 1150 g/mol. The van der Waals surface area contributed by atoms with Gasteiger partial charge in [0.1, 0.15) is 13.2 Å². The van der Waals surface area contributed by atoms with Crippen molar-refractivity contribution in [3.63, 3.8) is 0 Å². The zero-order chi connectivity index (χ0) is 58.4. The minimum absolute atomic E-state index is 0.0156. The van der Waals surface area contributed by atoms with Gasteiger partial charge in [0.15, 0.2) is 0 Å². The van der Waals surface area contributed by atoms with Crippen molar-refractivity contribution in [1.29, 1.82) is 0 Å². The van der Waals surface area contributed by atoms with Crippen LogP contribution in [0.2, 0.25) is 0 Å². The van der Waals surface area contributed by atoms with Crippen LogP contribution in [0.5, 0.6) is 0 Å². The van der Waals surface area contributed by atoms with Crippen molar-refractivity contribution in [3.8, 4) is 0 Å². The largest absolute Gasteiger partial charge is 0.756 e. The van der Waals surface area contributed by atoms with Crippen LogP contribution >= 0.6 is 7.82 Å². The minimum Gasteiger partial charge on any atom is -0.756 e. The Morgan fingerprint density at radius 1 is 0.425 bits per heavy atom. The van der Waals surface area contributed by atoms with Crippen LogP contribution < -0.4 is 10.2 Å². The summed E-state index contributed by atoms with van der Waals surface area (Å²) in [6, 6.07) is -0.799. The van der Waals surface area contributed by atoms with Gasteiger partial charge in [-0.2, -0.15) is 0 Å². The van der Waals surface area contributed by atoms with E-state index >= 15 is 0 Å². The second-order valence-electron chi connectivity index (χ2n) is 26.3. The van der Waals surface area contributed by atoms with Gasteiger partial charge in [0.05, 0.1) is 39.9 Å². The van der Waals surface area contributed by atoms with Crippen LogP contribution in [0.4, 0.5) is 0 Å². The molecule has 0 aromatic rings. The molecule has 0 radical (unpaired) electrons. The maximum Gasteiger partial charge on any atom is 0.268 e. The molecule has 478 valence electrons. The standard InChI is InChI=1S/C71H143N2O6P/c1-6-8-10-12-14-16-18-20-22-24-26-28-30-32-34-35-36-37-39-40-42-44-46-48-50-52-54-56-58-60-62-64-70(74)69(68-79-80(76,77)78-67-66-73(3,4)5)72-71(75)65-63-61-59-57-55-53-51-49-47-45-43-41-38-33-31-29-27-25-23-21-19-17-15-13-11-9-7-2/h25,27,69-70,74H,6-24,26,28-68H2,1-5H3,(H-,72,75,76,77)/b27-25-. The van der Waals surface area contributed by atoms with E-state index in [4.69, 9.17) is 9.05 Å². The van der Waals surface area contributed by atoms with Crippen molar-refractivity contribution in [2.45, 2.75) is 398 Å². The highest BCUT2D eigenvalue weighted by molar-refractivity contribution is 7.45. The Labute approximate surface area is 501 Å². The second kappa shape index (κ2) is 62.8. The van der Waals surface area contributed by atoms with Crippen LogP contribution in [0.25, 0.3) is 0 Å². The lowest BCUT2D eigenvalue weighted by atomic mass is 10.0. The molecule has 0 saturated carbocycles. The highest BCUT2D eigenvalue weighted by Gasteiger charge is 2.24. The van der Waals surface area contributed by atoms with E-state index < -0.39 is 20.0 Å². The molecule has 3 unspecified atom stereocenters. The van der Waals surface area contributed by atoms with E-state index in [0.29, 0.717) is 23.9 Å². The van der Waals surface area contributed by atoms with Crippen LogP contribution in [0.1, 0.15) is 386 Å². The summed E-state index contributed by atoms with van der Waals surface area (Å²) in [5.41, 5.74) is 0. The predicted octanol–water partition coefficient (Wildman–Crippen LogP) is 22.3. The van der Waals surface area contributed by atoms with Gasteiger partial charge in [-0.3, -0.25) is 9.36 Å². The summed E-state index contributed by atoms with van der Waals surface area (Å²) in [4.78, 5) is 25.7. The summed E-state index contributed by atoms with van der Waals surface area (Å²) >= 11 is 0. The first-order valence-electron chi connectivity index (χ1n) is 36.0. The van der Waals surface area contributed by atoms with Gasteiger partial charge in [-0.25, -0.2) is 0 Å². The average Bonchev–Trinajstić information content (AvgIpc) is 3.42. The number of unbranched alkanes of at least 4 members (excludes halogenated alkanes) is 53. The number of hydrogen-bond donors (Lipinski definition) is 2. The molecule has 3 atom stereocenters. The van der Waals surface area contributed by atoms with E-state index in [1.54, 1.807) is 0 Å². The van der Waals surface area contributed by atoms with Gasteiger partial charge < -0.3 is 28.8 Å². The Balaban J connectivity index is 3.98. The molecule has 9 heteroatoms. The first-order chi connectivity index (χ1) is 39.0. The van der Waals surface area contributed by atoms with Crippen molar-refractivity contribution in [3.05, 3.63) is 12.2 Å². The second-order valence-corrected chi connectivity index (χ2v) is 27.7. The number of quaternary nitrogens is 1. The molecule has 8 nitrogen and oxygen atoms in total. The van der Waals surface area contributed by atoms with Crippen molar-refractivity contribution >= 4 is 13.7 Å². The number of rotatable bonds is 68. The Hall–Kier alpha value is -0.760. The molecule has 0 aromatic carbocycles. The molecule has 0 rings (SSSR count). The quantitative estimate of drug-likeness (QED) is 0.0272. The number of nitrogens with one attached hydrogen (secondary N) is 1. The van der Waals surface area contributed by atoms with E-state index in [1.807, 2.05) is 21.1 Å². The Bertz CT molecular complexity index is 1310. The molecule has 0 heterocycles. The highest BCUT2D eigenvalue weighted by atomic mass is 31.2. The van der Waals surface area contributed by atoms with E-state index in [1.165, 1.54) is 321 Å². The summed E-state index contributed by atoms with van der Waals surface area (Å²) < 4.78 is 23.6. The number of likely N-dealkylation sites (N-methyl/N-ethyl adjacent to an activating group) is 1. The molecular formula is C71H143N2O6P. The molecule has 0 spiro atoms. The fourth-order valence-corrected chi connectivity index (χ4v) is 12.1. The van der Waals surface area contributed by atoms with Gasteiger partial charge in [0, 0.05) is 6.42 Å². The molecule has 0 bridgehead atoms. The SMILES string of the molecule is CCCCCCCCCC/C=C\CCCCCCCCCCCCCCCCCC(=O)NC(COP(=O)([O-])OCC[N+](C)(C)C)C(O)CCCCCCCCCCCCCCCCCCCCCCCCCCCCCCCCC. The van der Waals surface area contributed by atoms with Gasteiger partial charge in [0.2, 0.25) is 5.91 Å². The molecule has 0 saturated heterocycles. The smallest absolute Gasteiger partial charge is 0.268 e. The number of carbonyl (C=O) groups excluding carboxylic acids is 1. The third-order valence-electron chi connectivity index (χ3n) is 17.0. The van der Waals surface area contributed by atoms with Gasteiger partial charge >= 0.3 is 0 Å². The summed E-state index contributed by atoms with van der Waals surface area (Å²) in [6.07, 6.45) is 80.1. The van der Waals surface area contributed by atoms with Crippen LogP contribution in [0.15, 0.2) is 12.2 Å². The van der Waals surface area contributed by atoms with Crippen molar-refractivity contribution in [2.75, 3.05) is 40.9 Å². The summed E-state index contributed by atoms with van der Waals surface area (Å²) in [6.45, 7) is 4.79. The summed E-state index contributed by atoms with van der Waals surface area (Å²) in [7, 11) is 1.33. The zero-order valence-electron chi connectivity index (χ0n) is 54.8. The number of phosphoric acid groups is 1. The Morgan fingerprint density at radius 2 is 0.688 bits per heavy atom. The van der Waals surface area contributed by atoms with Crippen LogP contribution in [-0.4, -0.2) is 68.5 Å². The van der Waals surface area contributed by atoms with E-state index in [-0.39, 0.29) is 19.1 Å². The Morgan fingerprint density at radius 3 is 0.975 bits per heavy atom. The minimum atomic E-state index is -4.58. The number of carbonyl (C=O) groups is 1. The summed E-state index contributed by atoms with van der Waals surface area (Å²) in [5.74, 6) is -0.156. The average molecular weight is 1150 g/mol. The van der Waals surface area contributed by atoms with Crippen molar-refractivity contribution in [2.24, 2.45) is 0 Å². The number of aliphatic hydroxyl groups excluding tert-OH is 1. The van der Waals surface area contributed by atoms with Crippen LogP contribution in [-0.2, 0) is 18.4 Å². The first kappa shape index (κ1) is 79.2. The fraction of sp³-hybridized carbons (Fsp3) is 0.958. The van der Waals surface area contributed by atoms with Gasteiger partial charge in [-0.15, -0.1) is 0 Å². The van der Waals surface area contributed by atoms with Gasteiger partial charge in [-0.1, -0.05) is 353 Å². The number of nitrogens with zero attached hydrogens (tertiary/aromatic N) is 1. The van der Waals surface area contributed by atoms with Crippen molar-refractivity contribution < 1.29 is 32.9 Å². The van der Waals surface area contributed by atoms with Gasteiger partial charge in [-0.05, 0) is 38.5 Å². The molecule has 80 heavy (non-hydrogen) atoms. The van der Waals surface area contributed by atoms with E-state index in [2.05, 4.69) is 31.3 Å². The van der Waals surface area contributed by atoms with Gasteiger partial charge in [0.25, 0.3) is 7.82 Å². The lowest BCUT2D eigenvalue weighted by molar-refractivity contribution is -0.870. The predicted molar refractivity (Wildman–Crippen MR) is 349 cm³/mol. The molecule has 0 aliphatic rings. The zero-order valence-corrected chi connectivity index (χ0v) is 55.7. The maximum atomic E-state index is 13.1. The Kier molecular flexibility index (Phi) is 62.2. The molecular weight excluding hydrogens is 1010 g/mol. The molecule has 0 fully saturated rings. The third kappa shape index (κ3) is 64.8. The van der Waals surface area contributed by atoms with Crippen molar-refractivity contribution in [1.82, 2.24) is 5.32 Å².